The van der Waals surface area contributed by atoms with Crippen LogP contribution in [-0.2, 0) is 9.63 Å². The van der Waals surface area contributed by atoms with Crippen LogP contribution in [0.4, 0.5) is 4.79 Å². The summed E-state index contributed by atoms with van der Waals surface area (Å²) in [4.78, 5) is 39.4. The number of benzene rings is 1. The van der Waals surface area contributed by atoms with Crippen LogP contribution in [0.3, 0.4) is 0 Å². The predicted molar refractivity (Wildman–Crippen MR) is 76.7 cm³/mol. The molecule has 7 nitrogen and oxygen atoms in total. The Hall–Kier alpha value is -2.35. The van der Waals surface area contributed by atoms with Crippen molar-refractivity contribution in [3.63, 3.8) is 0 Å². The van der Waals surface area contributed by atoms with E-state index in [1.165, 1.54) is 0 Å². The fraction of sp³-hybridized carbons (Fsp3) is 0.231. The third kappa shape index (κ3) is 4.06. The Bertz CT molecular complexity index is 587. The predicted octanol–water partition coefficient (Wildman–Crippen LogP) is 2.32. The number of carbonyl (C=O) groups is 2. The molecule has 0 N–H and O–H groups in total. The van der Waals surface area contributed by atoms with E-state index in [1.807, 2.05) is 30.3 Å². The monoisotopic (exact) mass is 308 g/mol. The fourth-order valence-electron chi connectivity index (χ4n) is 1.76. The molecule has 2 rings (SSSR count). The van der Waals surface area contributed by atoms with Gasteiger partial charge in [0.15, 0.2) is 0 Å². The molecule has 1 fully saturated rings. The summed E-state index contributed by atoms with van der Waals surface area (Å²) in [5.41, 5.74) is 0.833. The molecule has 21 heavy (non-hydrogen) atoms. The zero-order valence-corrected chi connectivity index (χ0v) is 11.7. The molecule has 8 heteroatoms. The van der Waals surface area contributed by atoms with Crippen LogP contribution in [0, 0.1) is 10.1 Å². The molecule has 1 saturated heterocycles. The SMILES string of the molecule is O=C1S/C(=C/c2ccccc2)C(=O)N1CCCO[N+](=O)[O-]. The second-order valence-electron chi connectivity index (χ2n) is 4.15. The quantitative estimate of drug-likeness (QED) is 0.347. The molecule has 0 aromatic heterocycles. The molecule has 1 aliphatic rings. The molecule has 110 valence electrons. The van der Waals surface area contributed by atoms with Crippen molar-refractivity contribution in [3.05, 3.63) is 50.9 Å². The van der Waals surface area contributed by atoms with Crippen molar-refractivity contribution >= 4 is 29.0 Å². The van der Waals surface area contributed by atoms with Gasteiger partial charge in [0.05, 0.1) is 11.5 Å². The highest BCUT2D eigenvalue weighted by Gasteiger charge is 2.34. The van der Waals surface area contributed by atoms with Crippen LogP contribution < -0.4 is 0 Å². The van der Waals surface area contributed by atoms with Gasteiger partial charge in [-0.3, -0.25) is 14.5 Å². The van der Waals surface area contributed by atoms with Gasteiger partial charge in [0.1, 0.15) is 0 Å². The average Bonchev–Trinajstić information content (AvgIpc) is 2.71. The topological polar surface area (TPSA) is 89.8 Å². The maximum Gasteiger partial charge on any atom is 0.294 e. The molecule has 0 saturated carbocycles. The van der Waals surface area contributed by atoms with E-state index >= 15 is 0 Å². The number of hydrogen-bond donors (Lipinski definition) is 0. The Morgan fingerprint density at radius 1 is 1.29 bits per heavy atom. The summed E-state index contributed by atoms with van der Waals surface area (Å²) in [6, 6.07) is 9.20. The number of hydrogen-bond acceptors (Lipinski definition) is 6. The summed E-state index contributed by atoms with van der Waals surface area (Å²) < 4.78 is 0. The Morgan fingerprint density at radius 3 is 2.67 bits per heavy atom. The first-order chi connectivity index (χ1) is 10.1. The highest BCUT2D eigenvalue weighted by molar-refractivity contribution is 8.18. The lowest BCUT2D eigenvalue weighted by atomic mass is 10.2. The van der Waals surface area contributed by atoms with Gasteiger partial charge in [-0.05, 0) is 29.8 Å². The second kappa shape index (κ2) is 6.89. The van der Waals surface area contributed by atoms with Crippen molar-refractivity contribution in [1.29, 1.82) is 0 Å². The summed E-state index contributed by atoms with van der Waals surface area (Å²) in [7, 11) is 0. The molecule has 1 aliphatic heterocycles. The van der Waals surface area contributed by atoms with E-state index in [-0.39, 0.29) is 30.7 Å². The molecule has 1 aromatic carbocycles. The van der Waals surface area contributed by atoms with Gasteiger partial charge in [0.2, 0.25) is 0 Å². The molecule has 2 amide bonds. The van der Waals surface area contributed by atoms with Gasteiger partial charge in [-0.25, -0.2) is 0 Å². The summed E-state index contributed by atoms with van der Waals surface area (Å²) >= 11 is 0.865. The van der Waals surface area contributed by atoms with E-state index in [2.05, 4.69) is 4.84 Å². The van der Waals surface area contributed by atoms with E-state index in [0.29, 0.717) is 4.91 Å². The molecular formula is C13H12N2O5S. The minimum absolute atomic E-state index is 0.102. The van der Waals surface area contributed by atoms with Crippen molar-refractivity contribution in [2.24, 2.45) is 0 Å². The van der Waals surface area contributed by atoms with Gasteiger partial charge in [-0.15, -0.1) is 10.1 Å². The summed E-state index contributed by atoms with van der Waals surface area (Å²) in [5, 5.41) is 8.73. The van der Waals surface area contributed by atoms with E-state index in [9.17, 15) is 19.7 Å². The van der Waals surface area contributed by atoms with Gasteiger partial charge in [0.25, 0.3) is 16.2 Å². The number of rotatable bonds is 6. The largest absolute Gasteiger partial charge is 0.314 e. The lowest BCUT2D eigenvalue weighted by Crippen LogP contribution is -2.30. The molecule has 0 unspecified atom stereocenters. The standard InChI is InChI=1S/C13H12N2O5S/c16-12-11(9-10-5-2-1-3-6-10)21-13(17)14(12)7-4-8-20-15(18)19/h1-3,5-6,9H,4,7-8H2/b11-9+. The van der Waals surface area contributed by atoms with Gasteiger partial charge >= 0.3 is 0 Å². The maximum atomic E-state index is 12.1. The summed E-state index contributed by atoms with van der Waals surface area (Å²) in [6.45, 7) is -0.0445. The maximum absolute atomic E-state index is 12.1. The molecule has 0 spiro atoms. The minimum Gasteiger partial charge on any atom is -0.314 e. The van der Waals surface area contributed by atoms with Crippen molar-refractivity contribution in [2.45, 2.75) is 6.42 Å². The summed E-state index contributed by atoms with van der Waals surface area (Å²) in [5.74, 6) is -0.380. The number of amides is 2. The van der Waals surface area contributed by atoms with Gasteiger partial charge in [-0.1, -0.05) is 30.3 Å². The number of nitrogens with zero attached hydrogens (tertiary/aromatic N) is 2. The third-order valence-electron chi connectivity index (χ3n) is 2.69. The van der Waals surface area contributed by atoms with E-state index < -0.39 is 5.09 Å². The lowest BCUT2D eigenvalue weighted by molar-refractivity contribution is -0.757. The van der Waals surface area contributed by atoms with Crippen LogP contribution in [0.15, 0.2) is 35.2 Å². The van der Waals surface area contributed by atoms with Crippen molar-refractivity contribution in [1.82, 2.24) is 4.90 Å². The zero-order chi connectivity index (χ0) is 15.2. The van der Waals surface area contributed by atoms with E-state index in [0.717, 1.165) is 22.2 Å². The molecule has 0 aliphatic carbocycles. The van der Waals surface area contributed by atoms with Crippen LogP contribution in [0.1, 0.15) is 12.0 Å². The van der Waals surface area contributed by atoms with Crippen LogP contribution in [0.25, 0.3) is 6.08 Å². The van der Waals surface area contributed by atoms with Crippen molar-refractivity contribution in [2.75, 3.05) is 13.2 Å². The first kappa shape index (κ1) is 15.0. The number of imide groups is 1. The Balaban J connectivity index is 1.97. The van der Waals surface area contributed by atoms with Crippen LogP contribution in [0.5, 0.6) is 0 Å². The van der Waals surface area contributed by atoms with Gasteiger partial charge < -0.3 is 4.84 Å². The minimum atomic E-state index is -0.900. The van der Waals surface area contributed by atoms with Crippen LogP contribution in [0.2, 0.25) is 0 Å². The lowest BCUT2D eigenvalue weighted by Gasteiger charge is -2.11. The molecule has 1 aromatic rings. The normalized spacial score (nSPS) is 16.6. The van der Waals surface area contributed by atoms with Gasteiger partial charge in [-0.2, -0.15) is 0 Å². The smallest absolute Gasteiger partial charge is 0.294 e. The number of thioether (sulfide) groups is 1. The molecule has 0 atom stereocenters. The first-order valence-corrected chi connectivity index (χ1v) is 6.97. The average molecular weight is 308 g/mol. The molecule has 0 bridgehead atoms. The fourth-order valence-corrected chi connectivity index (χ4v) is 2.62. The Labute approximate surface area is 124 Å². The van der Waals surface area contributed by atoms with Gasteiger partial charge in [0, 0.05) is 6.54 Å². The first-order valence-electron chi connectivity index (χ1n) is 6.15. The van der Waals surface area contributed by atoms with Crippen molar-refractivity contribution in [3.8, 4) is 0 Å². The number of carbonyl (C=O) groups excluding carboxylic acids is 2. The molecule has 0 radical (unpaired) electrons. The highest BCUT2D eigenvalue weighted by Crippen LogP contribution is 2.32. The van der Waals surface area contributed by atoms with E-state index in [4.69, 9.17) is 0 Å². The third-order valence-corrected chi connectivity index (χ3v) is 3.60. The molecule has 1 heterocycles. The van der Waals surface area contributed by atoms with Crippen LogP contribution >= 0.6 is 11.8 Å². The van der Waals surface area contributed by atoms with Crippen molar-refractivity contribution < 1.29 is 19.5 Å². The highest BCUT2D eigenvalue weighted by atomic mass is 32.2. The summed E-state index contributed by atoms with van der Waals surface area (Å²) in [6.07, 6.45) is 1.87. The second-order valence-corrected chi connectivity index (χ2v) is 5.15. The zero-order valence-electron chi connectivity index (χ0n) is 10.9. The van der Waals surface area contributed by atoms with E-state index in [1.54, 1.807) is 6.08 Å². The van der Waals surface area contributed by atoms with Crippen LogP contribution in [-0.4, -0.2) is 34.3 Å². The Kier molecular flexibility index (Phi) is 4.94. The Morgan fingerprint density at radius 2 is 2.00 bits per heavy atom. The molecular weight excluding hydrogens is 296 g/mol.